The van der Waals surface area contributed by atoms with Crippen LogP contribution in [-0.2, 0) is 16.1 Å². The van der Waals surface area contributed by atoms with E-state index in [4.69, 9.17) is 0 Å². The number of nitrogens with zero attached hydrogens (tertiary/aromatic N) is 4. The zero-order valence-corrected chi connectivity index (χ0v) is 17.2. The van der Waals surface area contributed by atoms with E-state index in [1.54, 1.807) is 37.2 Å². The van der Waals surface area contributed by atoms with E-state index in [1.165, 1.54) is 11.6 Å². The van der Waals surface area contributed by atoms with Gasteiger partial charge >= 0.3 is 0 Å². The molecule has 0 aromatic carbocycles. The summed E-state index contributed by atoms with van der Waals surface area (Å²) in [5.41, 5.74) is 1.39. The van der Waals surface area contributed by atoms with Crippen molar-refractivity contribution >= 4 is 28.5 Å². The van der Waals surface area contributed by atoms with Gasteiger partial charge in [0.25, 0.3) is 0 Å². The predicted molar refractivity (Wildman–Crippen MR) is 107 cm³/mol. The first kappa shape index (κ1) is 20.2. The molecule has 2 aliphatic rings. The number of piperidine rings is 1. The zero-order valence-electron chi connectivity index (χ0n) is 17.2. The highest BCUT2D eigenvalue weighted by atomic mass is 19.1. The van der Waals surface area contributed by atoms with E-state index in [2.05, 4.69) is 15.4 Å². The van der Waals surface area contributed by atoms with Gasteiger partial charge in [-0.3, -0.25) is 24.0 Å². The molecule has 158 valence electrons. The van der Waals surface area contributed by atoms with E-state index in [0.717, 1.165) is 6.42 Å². The van der Waals surface area contributed by atoms with Crippen molar-refractivity contribution in [3.05, 3.63) is 35.6 Å². The highest BCUT2D eigenvalue weighted by molar-refractivity contribution is 6.04. The molecule has 4 rings (SSSR count). The minimum Gasteiger partial charge on any atom is -0.348 e. The van der Waals surface area contributed by atoms with Crippen LogP contribution in [0.4, 0.5) is 4.39 Å². The maximum Gasteiger partial charge on any atom is 0.245 e. The molecule has 0 bridgehead atoms. The second-order valence-corrected chi connectivity index (χ2v) is 8.19. The van der Waals surface area contributed by atoms with Gasteiger partial charge in [-0.1, -0.05) is 0 Å². The highest BCUT2D eigenvalue weighted by Crippen LogP contribution is 2.48. The fraction of sp³-hybridized carbons (Fsp3) is 0.476. The first-order valence-corrected chi connectivity index (χ1v) is 10.00. The van der Waals surface area contributed by atoms with Crippen molar-refractivity contribution in [1.29, 1.82) is 0 Å². The molecular formula is C21H24FN5O3. The standard InChI is InChI=1S/C21H24FN5O3/c1-11(2)15(22)8-24-21(30)17-7-13-6-16(13)27(17)19(29)10-26-18-9-23-5-4-14(18)20(25-26)12(3)28/h4-5,9,13,16-17H,6-8,10H2,1-3H3,(H,24,30)/t13-,16-,17+/m1/s1. The number of allylic oxidation sites excluding steroid dienone is 1. The number of rotatable bonds is 6. The largest absolute Gasteiger partial charge is 0.348 e. The van der Waals surface area contributed by atoms with Gasteiger partial charge in [-0.2, -0.15) is 5.10 Å². The summed E-state index contributed by atoms with van der Waals surface area (Å²) in [6.45, 7) is 4.44. The number of halogens is 1. The molecule has 0 unspecified atom stereocenters. The molecular weight excluding hydrogens is 389 g/mol. The SMILES string of the molecule is CC(=O)c1nn(CC(=O)N2[C@@H]3C[C@@H]3C[C@H]2C(=O)NCC(F)=C(C)C)c2cnccc12. The maximum absolute atomic E-state index is 13.8. The van der Waals surface area contributed by atoms with Gasteiger partial charge in [-0.15, -0.1) is 0 Å². The minimum atomic E-state index is -0.613. The molecule has 1 saturated heterocycles. The summed E-state index contributed by atoms with van der Waals surface area (Å²) >= 11 is 0. The van der Waals surface area contributed by atoms with E-state index in [9.17, 15) is 18.8 Å². The Balaban J connectivity index is 1.53. The number of hydrogen-bond donors (Lipinski definition) is 1. The molecule has 2 amide bonds. The Morgan fingerprint density at radius 1 is 1.23 bits per heavy atom. The zero-order chi connectivity index (χ0) is 21.6. The third kappa shape index (κ3) is 3.59. The van der Waals surface area contributed by atoms with Crippen molar-refractivity contribution < 1.29 is 18.8 Å². The Morgan fingerprint density at radius 2 is 2.00 bits per heavy atom. The molecule has 8 nitrogen and oxygen atoms in total. The number of nitrogens with one attached hydrogen (secondary N) is 1. The van der Waals surface area contributed by atoms with Gasteiger partial charge in [0.15, 0.2) is 5.78 Å². The molecule has 3 heterocycles. The van der Waals surface area contributed by atoms with Crippen LogP contribution >= 0.6 is 0 Å². The van der Waals surface area contributed by atoms with Crippen molar-refractivity contribution in [3.63, 3.8) is 0 Å². The Morgan fingerprint density at radius 3 is 2.70 bits per heavy atom. The Bertz CT molecular complexity index is 1070. The van der Waals surface area contributed by atoms with E-state index in [-0.39, 0.29) is 48.2 Å². The highest BCUT2D eigenvalue weighted by Gasteiger charge is 2.55. The molecule has 0 spiro atoms. The Hall–Kier alpha value is -3.10. The lowest BCUT2D eigenvalue weighted by Gasteiger charge is -2.27. The number of carbonyl (C=O) groups is 3. The number of fused-ring (bicyclic) bond motifs is 2. The van der Waals surface area contributed by atoms with Gasteiger partial charge in [-0.25, -0.2) is 4.39 Å². The van der Waals surface area contributed by atoms with Crippen LogP contribution in [0.25, 0.3) is 10.9 Å². The quantitative estimate of drug-likeness (QED) is 0.731. The molecule has 30 heavy (non-hydrogen) atoms. The summed E-state index contributed by atoms with van der Waals surface area (Å²) in [5, 5.41) is 7.55. The van der Waals surface area contributed by atoms with Crippen LogP contribution in [0.5, 0.6) is 0 Å². The average Bonchev–Trinajstić information content (AvgIpc) is 3.21. The normalized spacial score (nSPS) is 22.0. The number of pyridine rings is 1. The third-order valence-electron chi connectivity index (χ3n) is 5.83. The summed E-state index contributed by atoms with van der Waals surface area (Å²) in [5.74, 6) is -0.854. The second kappa shape index (κ2) is 7.62. The molecule has 2 fully saturated rings. The molecule has 3 atom stereocenters. The van der Waals surface area contributed by atoms with Crippen LogP contribution in [0.1, 0.15) is 44.1 Å². The second-order valence-electron chi connectivity index (χ2n) is 8.19. The molecule has 9 heteroatoms. The first-order chi connectivity index (χ1) is 14.3. The summed E-state index contributed by atoms with van der Waals surface area (Å²) < 4.78 is 15.2. The summed E-state index contributed by atoms with van der Waals surface area (Å²) in [6.07, 6.45) is 4.60. The fourth-order valence-corrected chi connectivity index (χ4v) is 4.12. The van der Waals surface area contributed by atoms with Gasteiger partial charge in [0.05, 0.1) is 18.3 Å². The topological polar surface area (TPSA) is 97.2 Å². The van der Waals surface area contributed by atoms with E-state index in [1.807, 2.05) is 0 Å². The molecule has 1 aliphatic heterocycles. The average molecular weight is 413 g/mol. The van der Waals surface area contributed by atoms with Gasteiger partial charge < -0.3 is 10.2 Å². The van der Waals surface area contributed by atoms with Crippen LogP contribution in [-0.4, -0.2) is 55.9 Å². The fourth-order valence-electron chi connectivity index (χ4n) is 4.12. The minimum absolute atomic E-state index is 0.0359. The van der Waals surface area contributed by atoms with Crippen LogP contribution in [0.2, 0.25) is 0 Å². The summed E-state index contributed by atoms with van der Waals surface area (Å²) in [6, 6.07) is 1.12. The number of ketones is 1. The molecule has 2 aromatic rings. The van der Waals surface area contributed by atoms with Crippen molar-refractivity contribution in [2.24, 2.45) is 5.92 Å². The van der Waals surface area contributed by atoms with Crippen LogP contribution in [0.3, 0.4) is 0 Å². The van der Waals surface area contributed by atoms with Gasteiger partial charge in [0.2, 0.25) is 11.8 Å². The van der Waals surface area contributed by atoms with Gasteiger partial charge in [0.1, 0.15) is 24.1 Å². The smallest absolute Gasteiger partial charge is 0.245 e. The van der Waals surface area contributed by atoms with Crippen molar-refractivity contribution in [2.45, 2.75) is 52.2 Å². The lowest BCUT2D eigenvalue weighted by Crippen LogP contribution is -2.49. The van der Waals surface area contributed by atoms with Gasteiger partial charge in [0, 0.05) is 24.5 Å². The van der Waals surface area contributed by atoms with Crippen LogP contribution in [0, 0.1) is 5.92 Å². The van der Waals surface area contributed by atoms with E-state index >= 15 is 0 Å². The number of amides is 2. The van der Waals surface area contributed by atoms with Crippen molar-refractivity contribution in [1.82, 2.24) is 25.0 Å². The number of carbonyl (C=O) groups excluding carboxylic acids is 3. The molecule has 1 aliphatic carbocycles. The van der Waals surface area contributed by atoms with Crippen LogP contribution in [0.15, 0.2) is 29.9 Å². The number of likely N-dealkylation sites (tertiary alicyclic amines) is 1. The molecule has 0 radical (unpaired) electrons. The van der Waals surface area contributed by atoms with Gasteiger partial charge in [-0.05, 0) is 44.2 Å². The third-order valence-corrected chi connectivity index (χ3v) is 5.83. The van der Waals surface area contributed by atoms with E-state index < -0.39 is 6.04 Å². The number of Topliss-reactive ketones (excluding diaryl/α,β-unsaturated/α-hetero) is 1. The predicted octanol–water partition coefficient (Wildman–Crippen LogP) is 2.00. The Kier molecular flexibility index (Phi) is 5.13. The molecule has 2 aromatic heterocycles. The number of aromatic nitrogens is 3. The summed E-state index contributed by atoms with van der Waals surface area (Å²) in [4.78, 5) is 43.4. The summed E-state index contributed by atoms with van der Waals surface area (Å²) in [7, 11) is 0. The number of hydrogen-bond acceptors (Lipinski definition) is 5. The monoisotopic (exact) mass is 413 g/mol. The lowest BCUT2D eigenvalue weighted by molar-refractivity contribution is -0.140. The molecule has 1 saturated carbocycles. The lowest BCUT2D eigenvalue weighted by atomic mass is 10.1. The first-order valence-electron chi connectivity index (χ1n) is 10.00. The van der Waals surface area contributed by atoms with Crippen molar-refractivity contribution in [2.75, 3.05) is 6.54 Å². The van der Waals surface area contributed by atoms with Crippen molar-refractivity contribution in [3.8, 4) is 0 Å². The maximum atomic E-state index is 13.8. The molecule has 1 N–H and O–H groups in total. The van der Waals surface area contributed by atoms with Crippen LogP contribution < -0.4 is 5.32 Å². The Labute approximate surface area is 173 Å². The van der Waals surface area contributed by atoms with E-state index in [0.29, 0.717) is 28.8 Å².